The molecule has 0 aromatic heterocycles. The molecule has 2 aromatic rings. The molecule has 1 amide bonds. The zero-order valence-electron chi connectivity index (χ0n) is 18.1. The van der Waals surface area contributed by atoms with Gasteiger partial charge in [-0.3, -0.25) is 14.5 Å². The van der Waals surface area contributed by atoms with Crippen LogP contribution in [0.3, 0.4) is 0 Å². The molecule has 0 unspecified atom stereocenters. The lowest BCUT2D eigenvalue weighted by molar-refractivity contribution is -0.125. The minimum absolute atomic E-state index is 0.0491. The number of ether oxygens (including phenoxy) is 2. The Kier molecular flexibility index (Phi) is 8.23. The second kappa shape index (κ2) is 11.3. The van der Waals surface area contributed by atoms with E-state index in [1.165, 1.54) is 6.07 Å². The summed E-state index contributed by atoms with van der Waals surface area (Å²) >= 11 is 0. The molecule has 32 heavy (non-hydrogen) atoms. The van der Waals surface area contributed by atoms with Crippen LogP contribution >= 0.6 is 0 Å². The molecule has 7 heteroatoms. The smallest absolute Gasteiger partial charge is 0.258 e. The molecular weight excluding hydrogens is 411 g/mol. The number of Topliss-reactive ketones (excluding diaryl/α,β-unsaturated/α-hetero) is 1. The monoisotopic (exact) mass is 438 g/mol. The van der Waals surface area contributed by atoms with Gasteiger partial charge in [-0.05, 0) is 55.7 Å². The molecule has 1 N–H and O–H groups in total. The van der Waals surface area contributed by atoms with Crippen LogP contribution < -0.4 is 14.8 Å². The number of likely N-dealkylation sites (tertiary alicyclic amines) is 1. The fourth-order valence-corrected chi connectivity index (χ4v) is 3.42. The van der Waals surface area contributed by atoms with Crippen LogP contribution in [0.2, 0.25) is 0 Å². The topological polar surface area (TPSA) is 67.9 Å². The van der Waals surface area contributed by atoms with E-state index >= 15 is 0 Å². The average molecular weight is 438 g/mol. The van der Waals surface area contributed by atoms with Gasteiger partial charge >= 0.3 is 0 Å². The lowest BCUT2D eigenvalue weighted by Gasteiger charge is -2.31. The zero-order chi connectivity index (χ0) is 22.9. The largest absolute Gasteiger partial charge is 0.486 e. The van der Waals surface area contributed by atoms with Crippen LogP contribution in [0.5, 0.6) is 11.5 Å². The van der Waals surface area contributed by atoms with Crippen LogP contribution in [-0.2, 0) is 9.59 Å². The molecule has 2 aromatic carbocycles. The summed E-state index contributed by atoms with van der Waals surface area (Å²) in [6.45, 7) is 3.17. The minimum Gasteiger partial charge on any atom is -0.486 e. The predicted octanol–water partition coefficient (Wildman–Crippen LogP) is 2.72. The summed E-state index contributed by atoms with van der Waals surface area (Å²) in [4.78, 5) is 26.4. The standard InChI is InChI=1S/C25H27FN2O4/c1-3-19-5-8-22(9-6-19)32-17-25(30)27-20-10-12-28(13-11-20)15-21(29)16-31-23-7-4-18(2)24(26)14-23/h1,4-9,14,20H,10-13,15-17H2,2H3,(H,27,30). The normalized spacial score (nSPS) is 14.4. The molecule has 0 saturated carbocycles. The second-order valence-electron chi connectivity index (χ2n) is 7.81. The van der Waals surface area contributed by atoms with E-state index in [0.29, 0.717) is 30.2 Å². The van der Waals surface area contributed by atoms with Crippen molar-refractivity contribution >= 4 is 11.7 Å². The number of nitrogens with zero attached hydrogens (tertiary/aromatic N) is 1. The fraction of sp³-hybridized carbons (Fsp3) is 0.360. The number of hydrogen-bond donors (Lipinski definition) is 1. The van der Waals surface area contributed by atoms with E-state index in [-0.39, 0.29) is 43.3 Å². The van der Waals surface area contributed by atoms with Gasteiger partial charge in [0.1, 0.15) is 23.9 Å². The Labute approximate surface area is 187 Å². The lowest BCUT2D eigenvalue weighted by Crippen LogP contribution is -2.47. The lowest BCUT2D eigenvalue weighted by atomic mass is 10.0. The van der Waals surface area contributed by atoms with Crippen LogP contribution in [0.25, 0.3) is 0 Å². The number of halogens is 1. The van der Waals surface area contributed by atoms with Crippen molar-refractivity contribution in [3.63, 3.8) is 0 Å². The quantitative estimate of drug-likeness (QED) is 0.610. The number of benzene rings is 2. The highest BCUT2D eigenvalue weighted by molar-refractivity contribution is 5.82. The van der Waals surface area contributed by atoms with Gasteiger partial charge in [-0.2, -0.15) is 0 Å². The van der Waals surface area contributed by atoms with E-state index in [4.69, 9.17) is 15.9 Å². The summed E-state index contributed by atoms with van der Waals surface area (Å²) in [5.74, 6) is 2.85. The predicted molar refractivity (Wildman–Crippen MR) is 119 cm³/mol. The van der Waals surface area contributed by atoms with Crippen molar-refractivity contribution in [2.75, 3.05) is 32.8 Å². The summed E-state index contributed by atoms with van der Waals surface area (Å²) in [5, 5.41) is 2.97. The van der Waals surface area contributed by atoms with Gasteiger partial charge in [0.2, 0.25) is 0 Å². The van der Waals surface area contributed by atoms with Gasteiger partial charge < -0.3 is 14.8 Å². The summed E-state index contributed by atoms with van der Waals surface area (Å²) in [7, 11) is 0. The number of ketones is 1. The molecule has 0 spiro atoms. The Bertz CT molecular complexity index is 976. The molecule has 0 atom stereocenters. The molecule has 0 bridgehead atoms. The number of amides is 1. The van der Waals surface area contributed by atoms with Gasteiger partial charge in [0, 0.05) is 30.8 Å². The van der Waals surface area contributed by atoms with E-state index in [1.807, 2.05) is 4.90 Å². The van der Waals surface area contributed by atoms with E-state index in [1.54, 1.807) is 43.3 Å². The zero-order valence-corrected chi connectivity index (χ0v) is 18.1. The average Bonchev–Trinajstić information content (AvgIpc) is 2.80. The first-order valence-electron chi connectivity index (χ1n) is 10.5. The molecule has 1 aliphatic rings. The third-order valence-electron chi connectivity index (χ3n) is 5.29. The maximum absolute atomic E-state index is 13.5. The van der Waals surface area contributed by atoms with Crippen LogP contribution in [0.15, 0.2) is 42.5 Å². The highest BCUT2D eigenvalue weighted by Gasteiger charge is 2.22. The van der Waals surface area contributed by atoms with Gasteiger partial charge in [0.25, 0.3) is 5.91 Å². The molecule has 0 aliphatic carbocycles. The Hall–Kier alpha value is -3.37. The van der Waals surface area contributed by atoms with E-state index in [2.05, 4.69) is 11.2 Å². The fourth-order valence-electron chi connectivity index (χ4n) is 3.42. The van der Waals surface area contributed by atoms with Crippen molar-refractivity contribution in [1.82, 2.24) is 10.2 Å². The molecule has 1 aliphatic heterocycles. The SMILES string of the molecule is C#Cc1ccc(OCC(=O)NC2CCN(CC(=O)COc3ccc(C)c(F)c3)CC2)cc1. The molecule has 168 valence electrons. The van der Waals surface area contributed by atoms with Crippen LogP contribution in [0.4, 0.5) is 4.39 Å². The summed E-state index contributed by atoms with van der Waals surface area (Å²) < 4.78 is 24.4. The number of carbonyl (C=O) groups excluding carboxylic acids is 2. The van der Waals surface area contributed by atoms with Crippen LogP contribution in [0, 0.1) is 25.1 Å². The van der Waals surface area contributed by atoms with Crippen LogP contribution in [-0.4, -0.2) is 55.5 Å². The number of rotatable bonds is 9. The molecule has 6 nitrogen and oxygen atoms in total. The first-order chi connectivity index (χ1) is 15.4. The van der Waals surface area contributed by atoms with Crippen molar-refractivity contribution in [2.45, 2.75) is 25.8 Å². The van der Waals surface area contributed by atoms with Crippen molar-refractivity contribution in [3.8, 4) is 23.8 Å². The number of nitrogens with one attached hydrogen (secondary N) is 1. The van der Waals surface area contributed by atoms with Crippen LogP contribution in [0.1, 0.15) is 24.0 Å². The summed E-state index contributed by atoms with van der Waals surface area (Å²) in [5.41, 5.74) is 1.28. The van der Waals surface area contributed by atoms with Crippen molar-refractivity contribution in [2.24, 2.45) is 0 Å². The Morgan fingerprint density at radius 3 is 2.41 bits per heavy atom. The maximum Gasteiger partial charge on any atom is 0.258 e. The van der Waals surface area contributed by atoms with Gasteiger partial charge in [0.05, 0.1) is 6.54 Å². The van der Waals surface area contributed by atoms with E-state index < -0.39 is 0 Å². The number of terminal acetylenes is 1. The number of aryl methyl sites for hydroxylation is 1. The van der Waals surface area contributed by atoms with Gasteiger partial charge in [0.15, 0.2) is 12.4 Å². The van der Waals surface area contributed by atoms with Gasteiger partial charge in [-0.25, -0.2) is 4.39 Å². The number of piperidine rings is 1. The first-order valence-corrected chi connectivity index (χ1v) is 10.5. The molecule has 0 radical (unpaired) electrons. The first kappa shape index (κ1) is 23.3. The maximum atomic E-state index is 13.5. The Balaban J connectivity index is 1.32. The van der Waals surface area contributed by atoms with Gasteiger partial charge in [-0.1, -0.05) is 12.0 Å². The van der Waals surface area contributed by atoms with Crippen molar-refractivity contribution < 1.29 is 23.5 Å². The summed E-state index contributed by atoms with van der Waals surface area (Å²) in [6.07, 6.45) is 6.82. The Morgan fingerprint density at radius 1 is 1.09 bits per heavy atom. The Morgan fingerprint density at radius 2 is 1.75 bits per heavy atom. The molecular formula is C25H27FN2O4. The van der Waals surface area contributed by atoms with Crippen molar-refractivity contribution in [1.29, 1.82) is 0 Å². The number of hydrogen-bond acceptors (Lipinski definition) is 5. The number of carbonyl (C=O) groups is 2. The van der Waals surface area contributed by atoms with E-state index in [9.17, 15) is 14.0 Å². The highest BCUT2D eigenvalue weighted by Crippen LogP contribution is 2.16. The molecule has 3 rings (SSSR count). The molecule has 1 fully saturated rings. The third-order valence-corrected chi connectivity index (χ3v) is 5.29. The van der Waals surface area contributed by atoms with Crippen molar-refractivity contribution in [3.05, 3.63) is 59.4 Å². The second-order valence-corrected chi connectivity index (χ2v) is 7.81. The molecule has 1 saturated heterocycles. The highest BCUT2D eigenvalue weighted by atomic mass is 19.1. The minimum atomic E-state index is -0.355. The third kappa shape index (κ3) is 7.10. The van der Waals surface area contributed by atoms with E-state index in [0.717, 1.165) is 18.4 Å². The molecule has 1 heterocycles. The van der Waals surface area contributed by atoms with Gasteiger partial charge in [-0.15, -0.1) is 6.42 Å². The summed E-state index contributed by atoms with van der Waals surface area (Å²) in [6, 6.07) is 11.6.